The van der Waals surface area contributed by atoms with Gasteiger partial charge in [0.2, 0.25) is 0 Å². The van der Waals surface area contributed by atoms with Crippen LogP contribution < -0.4 is 10.1 Å². The first-order valence-corrected chi connectivity index (χ1v) is 9.79. The predicted octanol–water partition coefficient (Wildman–Crippen LogP) is 5.38. The minimum absolute atomic E-state index is 0.148. The zero-order valence-corrected chi connectivity index (χ0v) is 16.9. The van der Waals surface area contributed by atoms with Gasteiger partial charge in [0.15, 0.2) is 0 Å². The Kier molecular flexibility index (Phi) is 5.40. The summed E-state index contributed by atoms with van der Waals surface area (Å²) in [5, 5.41) is 15.8. The molecule has 0 bridgehead atoms. The Labute approximate surface area is 175 Å². The summed E-state index contributed by atoms with van der Waals surface area (Å²) in [6.07, 6.45) is 0. The maximum Gasteiger partial charge on any atom is 0.252 e. The highest BCUT2D eigenvalue weighted by Gasteiger charge is 2.23. The van der Waals surface area contributed by atoms with Gasteiger partial charge >= 0.3 is 0 Å². The first-order chi connectivity index (χ1) is 14.6. The third-order valence-electron chi connectivity index (χ3n) is 5.27. The van der Waals surface area contributed by atoms with Crippen molar-refractivity contribution < 1.29 is 14.6 Å². The van der Waals surface area contributed by atoms with E-state index < -0.39 is 6.04 Å². The van der Waals surface area contributed by atoms with Crippen molar-refractivity contribution >= 4 is 16.7 Å². The number of aryl methyl sites for hydroxylation is 1. The Hall–Kier alpha value is -3.79. The van der Waals surface area contributed by atoms with E-state index in [0.29, 0.717) is 16.9 Å². The summed E-state index contributed by atoms with van der Waals surface area (Å²) < 4.78 is 5.18. The van der Waals surface area contributed by atoms with Gasteiger partial charge in [-0.15, -0.1) is 0 Å². The Morgan fingerprint density at radius 1 is 0.900 bits per heavy atom. The Morgan fingerprint density at radius 2 is 1.60 bits per heavy atom. The molecule has 0 spiro atoms. The average molecular weight is 397 g/mol. The van der Waals surface area contributed by atoms with E-state index in [4.69, 9.17) is 4.74 Å². The monoisotopic (exact) mass is 397 g/mol. The number of fused-ring (bicyclic) bond motifs is 1. The van der Waals surface area contributed by atoms with Crippen molar-refractivity contribution in [3.8, 4) is 11.5 Å². The van der Waals surface area contributed by atoms with Crippen molar-refractivity contribution in [1.82, 2.24) is 5.32 Å². The van der Waals surface area contributed by atoms with Gasteiger partial charge < -0.3 is 15.2 Å². The smallest absolute Gasteiger partial charge is 0.252 e. The van der Waals surface area contributed by atoms with E-state index in [9.17, 15) is 9.90 Å². The molecule has 0 aliphatic rings. The molecular formula is C26H23NO3. The summed E-state index contributed by atoms with van der Waals surface area (Å²) in [5.74, 6) is 0.609. The van der Waals surface area contributed by atoms with Gasteiger partial charge in [-0.25, -0.2) is 0 Å². The van der Waals surface area contributed by atoms with Gasteiger partial charge in [-0.3, -0.25) is 4.79 Å². The third kappa shape index (κ3) is 3.85. The lowest BCUT2D eigenvalue weighted by molar-refractivity contribution is 0.0943. The van der Waals surface area contributed by atoms with Crippen LogP contribution in [-0.4, -0.2) is 18.1 Å². The number of carbonyl (C=O) groups is 1. The second kappa shape index (κ2) is 8.29. The normalized spacial score (nSPS) is 11.8. The van der Waals surface area contributed by atoms with Gasteiger partial charge in [0.05, 0.1) is 13.2 Å². The van der Waals surface area contributed by atoms with E-state index >= 15 is 0 Å². The molecule has 0 aromatic heterocycles. The molecule has 0 aliphatic carbocycles. The van der Waals surface area contributed by atoms with Gasteiger partial charge in [-0.2, -0.15) is 0 Å². The fourth-order valence-electron chi connectivity index (χ4n) is 3.63. The highest BCUT2D eigenvalue weighted by Crippen LogP contribution is 2.36. The molecule has 4 nitrogen and oxygen atoms in total. The number of hydrogen-bond acceptors (Lipinski definition) is 3. The molecule has 4 aromatic rings. The first-order valence-electron chi connectivity index (χ1n) is 9.79. The van der Waals surface area contributed by atoms with Crippen LogP contribution in [0, 0.1) is 6.92 Å². The summed E-state index contributed by atoms with van der Waals surface area (Å²) in [6.45, 7) is 2.02. The van der Waals surface area contributed by atoms with Crippen molar-refractivity contribution in [2.75, 3.05) is 7.11 Å². The lowest BCUT2D eigenvalue weighted by Gasteiger charge is -2.23. The summed E-state index contributed by atoms with van der Waals surface area (Å²) in [5.41, 5.74) is 3.22. The molecule has 0 radical (unpaired) electrons. The van der Waals surface area contributed by atoms with Crippen LogP contribution in [0.25, 0.3) is 10.8 Å². The third-order valence-corrected chi connectivity index (χ3v) is 5.27. The molecule has 1 atom stereocenters. The molecule has 4 aromatic carbocycles. The molecule has 0 fully saturated rings. The zero-order valence-electron chi connectivity index (χ0n) is 16.9. The van der Waals surface area contributed by atoms with Crippen LogP contribution in [0.2, 0.25) is 0 Å². The number of hydrogen-bond donors (Lipinski definition) is 2. The van der Waals surface area contributed by atoms with Crippen molar-refractivity contribution in [1.29, 1.82) is 0 Å². The molecule has 150 valence electrons. The first kappa shape index (κ1) is 19.5. The summed E-state index contributed by atoms with van der Waals surface area (Å²) >= 11 is 0. The summed E-state index contributed by atoms with van der Waals surface area (Å²) in [4.78, 5) is 13.1. The lowest BCUT2D eigenvalue weighted by atomic mass is 9.92. The number of carbonyl (C=O) groups excluding carboxylic acids is 1. The number of rotatable bonds is 5. The maximum atomic E-state index is 13.1. The SMILES string of the molecule is COc1ccc(C(=O)N[C@H](c2ccc(C)cc2)c2c(O)ccc3ccccc23)cc1. The molecule has 0 unspecified atom stereocenters. The number of aromatic hydroxyl groups is 1. The lowest BCUT2D eigenvalue weighted by Crippen LogP contribution is -2.29. The molecule has 30 heavy (non-hydrogen) atoms. The van der Waals surface area contributed by atoms with Crippen LogP contribution in [0.3, 0.4) is 0 Å². The van der Waals surface area contributed by atoms with Crippen LogP contribution in [0.4, 0.5) is 0 Å². The Bertz CT molecular complexity index is 1180. The summed E-state index contributed by atoms with van der Waals surface area (Å²) in [6, 6.07) is 25.8. The Morgan fingerprint density at radius 3 is 2.30 bits per heavy atom. The van der Waals surface area contributed by atoms with Gasteiger partial charge in [-0.1, -0.05) is 60.2 Å². The number of amides is 1. The Balaban J connectivity index is 1.80. The molecule has 1 amide bonds. The maximum absolute atomic E-state index is 13.1. The van der Waals surface area contributed by atoms with E-state index in [-0.39, 0.29) is 11.7 Å². The van der Waals surface area contributed by atoms with Crippen LogP contribution >= 0.6 is 0 Å². The van der Waals surface area contributed by atoms with Crippen molar-refractivity contribution in [3.05, 3.63) is 107 Å². The fourth-order valence-corrected chi connectivity index (χ4v) is 3.63. The van der Waals surface area contributed by atoms with E-state index in [1.165, 1.54) is 0 Å². The number of phenols is 1. The quantitative estimate of drug-likeness (QED) is 0.475. The minimum atomic E-state index is -0.508. The van der Waals surface area contributed by atoms with Crippen molar-refractivity contribution in [2.45, 2.75) is 13.0 Å². The second-order valence-electron chi connectivity index (χ2n) is 7.27. The van der Waals surface area contributed by atoms with Crippen LogP contribution in [0.15, 0.2) is 84.9 Å². The standard InChI is InChI=1S/C26H23NO3/c1-17-7-9-19(10-8-17)25(27-26(29)20-11-14-21(30-2)15-12-20)24-22-6-4-3-5-18(22)13-16-23(24)28/h3-16,25,28H,1-2H3,(H,27,29)/t25-/m1/s1. The minimum Gasteiger partial charge on any atom is -0.508 e. The van der Waals surface area contributed by atoms with Gasteiger partial charge in [0.1, 0.15) is 11.5 Å². The van der Waals surface area contributed by atoms with Gasteiger partial charge in [0.25, 0.3) is 5.91 Å². The molecule has 0 heterocycles. The highest BCUT2D eigenvalue weighted by atomic mass is 16.5. The van der Waals surface area contributed by atoms with Gasteiger partial charge in [-0.05, 0) is 53.6 Å². The van der Waals surface area contributed by atoms with Crippen molar-refractivity contribution in [2.24, 2.45) is 0 Å². The average Bonchev–Trinajstić information content (AvgIpc) is 2.78. The highest BCUT2D eigenvalue weighted by molar-refractivity contribution is 5.96. The molecule has 4 rings (SSSR count). The second-order valence-corrected chi connectivity index (χ2v) is 7.27. The number of benzene rings is 4. The van der Waals surface area contributed by atoms with E-state index in [2.05, 4.69) is 5.32 Å². The fraction of sp³-hybridized carbons (Fsp3) is 0.115. The predicted molar refractivity (Wildman–Crippen MR) is 119 cm³/mol. The zero-order chi connectivity index (χ0) is 21.1. The topological polar surface area (TPSA) is 58.6 Å². The van der Waals surface area contributed by atoms with E-state index in [0.717, 1.165) is 21.9 Å². The molecular weight excluding hydrogens is 374 g/mol. The van der Waals surface area contributed by atoms with Crippen molar-refractivity contribution in [3.63, 3.8) is 0 Å². The molecule has 4 heteroatoms. The number of phenolic OH excluding ortho intramolecular Hbond substituents is 1. The number of methoxy groups -OCH3 is 1. The molecule has 0 saturated carbocycles. The van der Waals surface area contributed by atoms with E-state index in [1.54, 1.807) is 37.4 Å². The van der Waals surface area contributed by atoms with Crippen LogP contribution in [0.5, 0.6) is 11.5 Å². The molecule has 0 aliphatic heterocycles. The number of ether oxygens (including phenoxy) is 1. The van der Waals surface area contributed by atoms with Crippen LogP contribution in [-0.2, 0) is 0 Å². The summed E-state index contributed by atoms with van der Waals surface area (Å²) in [7, 11) is 1.59. The van der Waals surface area contributed by atoms with Gasteiger partial charge in [0, 0.05) is 11.1 Å². The van der Waals surface area contributed by atoms with Crippen LogP contribution in [0.1, 0.15) is 33.1 Å². The molecule has 0 saturated heterocycles. The molecule has 2 N–H and O–H groups in total. The van der Waals surface area contributed by atoms with E-state index in [1.807, 2.05) is 61.5 Å². The number of nitrogens with one attached hydrogen (secondary N) is 1. The largest absolute Gasteiger partial charge is 0.508 e.